The first-order valence-corrected chi connectivity index (χ1v) is 18.5. The van der Waals surface area contributed by atoms with E-state index < -0.39 is 22.9 Å². The standard InChI is InChI=1S/C44H34ClFN4O3S/c1-2-50-39-19-10-9-16-33(39)34-26-31(22-25-40(34)50)48-44(53)41(28-12-5-3-6-13-28)54-32-23-20-30(21-24-32)47-43(52)38(27-35-36(45)17-11-18-37(35)46)49-42(51)29-14-7-4-8-15-29/h3-27,41H,2H2,1H3,(H,47,52)(H,48,53)(H,49,51)/b38-27-. The Morgan fingerprint density at radius 3 is 2.13 bits per heavy atom. The maximum atomic E-state index is 14.7. The van der Waals surface area contributed by atoms with Gasteiger partial charge in [0.2, 0.25) is 5.91 Å². The lowest BCUT2D eigenvalue weighted by Crippen LogP contribution is -2.30. The summed E-state index contributed by atoms with van der Waals surface area (Å²) in [5.41, 5.74) is 4.28. The molecule has 54 heavy (non-hydrogen) atoms. The Hall–Kier alpha value is -6.16. The molecule has 1 atom stereocenters. The van der Waals surface area contributed by atoms with Crippen molar-refractivity contribution in [1.29, 1.82) is 0 Å². The number of halogens is 2. The minimum absolute atomic E-state index is 0.0395. The number of aromatic nitrogens is 1. The molecule has 0 fully saturated rings. The molecular formula is C44H34ClFN4O3S. The van der Waals surface area contributed by atoms with E-state index in [4.69, 9.17) is 11.6 Å². The number of rotatable bonds is 11. The molecule has 0 saturated heterocycles. The number of hydrogen-bond acceptors (Lipinski definition) is 4. The number of carbonyl (C=O) groups is 3. The molecule has 3 N–H and O–H groups in total. The van der Waals surface area contributed by atoms with E-state index in [-0.39, 0.29) is 22.2 Å². The number of aryl methyl sites for hydroxylation is 1. The van der Waals surface area contributed by atoms with Crippen LogP contribution in [0.25, 0.3) is 27.9 Å². The fourth-order valence-corrected chi connectivity index (χ4v) is 7.51. The third-order valence-corrected chi connectivity index (χ3v) is 10.5. The van der Waals surface area contributed by atoms with E-state index in [9.17, 15) is 18.8 Å². The fourth-order valence-electron chi connectivity index (χ4n) is 6.27. The second kappa shape index (κ2) is 16.2. The van der Waals surface area contributed by atoms with Crippen molar-refractivity contribution in [1.82, 2.24) is 9.88 Å². The molecule has 0 aliphatic heterocycles. The highest BCUT2D eigenvalue weighted by Crippen LogP contribution is 2.38. The number of anilines is 2. The largest absolute Gasteiger partial charge is 0.341 e. The molecule has 1 heterocycles. The van der Waals surface area contributed by atoms with Crippen LogP contribution in [-0.2, 0) is 16.1 Å². The predicted molar refractivity (Wildman–Crippen MR) is 217 cm³/mol. The maximum Gasteiger partial charge on any atom is 0.272 e. The fraction of sp³-hybridized carbons (Fsp3) is 0.0682. The van der Waals surface area contributed by atoms with E-state index in [2.05, 4.69) is 39.6 Å². The topological polar surface area (TPSA) is 92.2 Å². The molecule has 7 aromatic rings. The number of nitrogens with zero attached hydrogens (tertiary/aromatic N) is 1. The first kappa shape index (κ1) is 36.2. The first-order valence-electron chi connectivity index (χ1n) is 17.3. The summed E-state index contributed by atoms with van der Waals surface area (Å²) in [4.78, 5) is 41.4. The van der Waals surface area contributed by atoms with Crippen LogP contribution in [0.1, 0.15) is 33.7 Å². The Labute approximate surface area is 320 Å². The summed E-state index contributed by atoms with van der Waals surface area (Å²) in [5.74, 6) is -2.06. The van der Waals surface area contributed by atoms with Gasteiger partial charge < -0.3 is 20.5 Å². The smallest absolute Gasteiger partial charge is 0.272 e. The first-order chi connectivity index (χ1) is 26.3. The Morgan fingerprint density at radius 1 is 0.741 bits per heavy atom. The number of thioether (sulfide) groups is 1. The number of para-hydroxylation sites is 1. The van der Waals surface area contributed by atoms with Gasteiger partial charge in [0.15, 0.2) is 0 Å². The van der Waals surface area contributed by atoms with Crippen LogP contribution < -0.4 is 16.0 Å². The van der Waals surface area contributed by atoms with Crippen LogP contribution in [0.2, 0.25) is 5.02 Å². The average Bonchev–Trinajstić information content (AvgIpc) is 3.52. The summed E-state index contributed by atoms with van der Waals surface area (Å²) < 4.78 is 17.0. The van der Waals surface area contributed by atoms with Crippen molar-refractivity contribution in [3.8, 4) is 0 Å². The normalized spacial score (nSPS) is 12.0. The summed E-state index contributed by atoms with van der Waals surface area (Å²) in [7, 11) is 0. The lowest BCUT2D eigenvalue weighted by Gasteiger charge is -2.18. The molecule has 0 radical (unpaired) electrons. The van der Waals surface area contributed by atoms with E-state index in [0.29, 0.717) is 16.9 Å². The highest BCUT2D eigenvalue weighted by atomic mass is 35.5. The minimum Gasteiger partial charge on any atom is -0.341 e. The predicted octanol–water partition coefficient (Wildman–Crippen LogP) is 10.5. The van der Waals surface area contributed by atoms with Gasteiger partial charge in [0.1, 0.15) is 16.8 Å². The van der Waals surface area contributed by atoms with Crippen molar-refractivity contribution >= 4 is 80.3 Å². The third-order valence-electron chi connectivity index (χ3n) is 8.88. The van der Waals surface area contributed by atoms with Crippen LogP contribution in [0.3, 0.4) is 0 Å². The molecule has 1 aromatic heterocycles. The molecule has 0 spiro atoms. The molecule has 7 rings (SSSR count). The van der Waals surface area contributed by atoms with E-state index in [1.54, 1.807) is 54.6 Å². The molecule has 7 nitrogen and oxygen atoms in total. The summed E-state index contributed by atoms with van der Waals surface area (Å²) >= 11 is 7.63. The number of carbonyl (C=O) groups excluding carboxylic acids is 3. The molecule has 0 saturated carbocycles. The molecule has 268 valence electrons. The highest BCUT2D eigenvalue weighted by molar-refractivity contribution is 8.00. The Kier molecular flexibility index (Phi) is 10.9. The molecule has 0 bridgehead atoms. The van der Waals surface area contributed by atoms with Crippen LogP contribution in [0, 0.1) is 5.82 Å². The van der Waals surface area contributed by atoms with Gasteiger partial charge in [-0.2, -0.15) is 0 Å². The number of hydrogen-bond donors (Lipinski definition) is 3. The molecule has 0 aliphatic rings. The van der Waals surface area contributed by atoms with Gasteiger partial charge in [0, 0.05) is 55.7 Å². The summed E-state index contributed by atoms with van der Waals surface area (Å²) in [5, 5.41) is 10.2. The Balaban J connectivity index is 1.11. The third kappa shape index (κ3) is 7.93. The van der Waals surface area contributed by atoms with Gasteiger partial charge in [0.25, 0.3) is 11.8 Å². The zero-order valence-electron chi connectivity index (χ0n) is 29.1. The van der Waals surface area contributed by atoms with Crippen LogP contribution >= 0.6 is 23.4 Å². The lowest BCUT2D eigenvalue weighted by molar-refractivity contribution is -0.116. The highest BCUT2D eigenvalue weighted by Gasteiger charge is 2.23. The van der Waals surface area contributed by atoms with E-state index >= 15 is 0 Å². The summed E-state index contributed by atoms with van der Waals surface area (Å²) in [6.07, 6.45) is 1.21. The molecule has 1 unspecified atom stereocenters. The van der Waals surface area contributed by atoms with Gasteiger partial charge in [-0.05, 0) is 91.4 Å². The van der Waals surface area contributed by atoms with Crippen LogP contribution in [0.4, 0.5) is 15.8 Å². The van der Waals surface area contributed by atoms with Crippen LogP contribution in [0.15, 0.2) is 156 Å². The summed E-state index contributed by atoms with van der Waals surface area (Å²) in [6, 6.07) is 43.3. The lowest BCUT2D eigenvalue weighted by atomic mass is 10.1. The number of benzene rings is 6. The second-order valence-corrected chi connectivity index (χ2v) is 14.0. The van der Waals surface area contributed by atoms with Crippen molar-refractivity contribution in [2.45, 2.75) is 23.6 Å². The van der Waals surface area contributed by atoms with Gasteiger partial charge >= 0.3 is 0 Å². The zero-order valence-corrected chi connectivity index (χ0v) is 30.6. The van der Waals surface area contributed by atoms with E-state index in [1.165, 1.54) is 36.0 Å². The van der Waals surface area contributed by atoms with Crippen LogP contribution in [-0.4, -0.2) is 22.3 Å². The van der Waals surface area contributed by atoms with Gasteiger partial charge in [-0.25, -0.2) is 4.39 Å². The van der Waals surface area contributed by atoms with Crippen molar-refractivity contribution in [3.63, 3.8) is 0 Å². The monoisotopic (exact) mass is 752 g/mol. The number of fused-ring (bicyclic) bond motifs is 3. The number of amides is 3. The SMILES string of the molecule is CCn1c2ccccc2c2cc(NC(=O)C(Sc3ccc(NC(=O)/C(=C/c4c(F)cccc4Cl)NC(=O)c4ccccc4)cc3)c3ccccc3)ccc21. The Morgan fingerprint density at radius 2 is 1.41 bits per heavy atom. The molecule has 6 aromatic carbocycles. The molecule has 0 aliphatic carbocycles. The number of nitrogens with one attached hydrogen (secondary N) is 3. The van der Waals surface area contributed by atoms with Crippen molar-refractivity contribution < 1.29 is 18.8 Å². The molecule has 10 heteroatoms. The van der Waals surface area contributed by atoms with E-state index in [0.717, 1.165) is 38.8 Å². The van der Waals surface area contributed by atoms with Crippen molar-refractivity contribution in [2.75, 3.05) is 10.6 Å². The Bertz CT molecular complexity index is 2500. The van der Waals surface area contributed by atoms with E-state index in [1.807, 2.05) is 60.7 Å². The zero-order chi connectivity index (χ0) is 37.6. The van der Waals surface area contributed by atoms with Crippen molar-refractivity contribution in [3.05, 3.63) is 179 Å². The molecular weight excluding hydrogens is 719 g/mol. The van der Waals surface area contributed by atoms with Gasteiger partial charge in [0.05, 0.1) is 5.02 Å². The second-order valence-electron chi connectivity index (χ2n) is 12.4. The summed E-state index contributed by atoms with van der Waals surface area (Å²) in [6.45, 7) is 2.95. The van der Waals surface area contributed by atoms with Crippen LogP contribution in [0.5, 0.6) is 0 Å². The van der Waals surface area contributed by atoms with Crippen molar-refractivity contribution in [2.24, 2.45) is 0 Å². The maximum absolute atomic E-state index is 14.7. The quantitative estimate of drug-likeness (QED) is 0.0906. The van der Waals surface area contributed by atoms with Gasteiger partial charge in [-0.1, -0.05) is 84.4 Å². The van der Waals surface area contributed by atoms with Gasteiger partial charge in [-0.3, -0.25) is 14.4 Å². The molecule has 3 amide bonds. The average molecular weight is 753 g/mol. The van der Waals surface area contributed by atoms with Gasteiger partial charge in [-0.15, -0.1) is 11.8 Å². The minimum atomic E-state index is -0.681.